The SMILES string of the molecule is CC(C)(C)OCc1cccc(CNC(=O)c2ccc(C(=O)O)s2)c1. The number of carboxylic acid groups (broad SMARTS) is 1. The number of aromatic carboxylic acids is 1. The van der Waals surface area contributed by atoms with E-state index < -0.39 is 5.97 Å². The van der Waals surface area contributed by atoms with Gasteiger partial charge in [-0.1, -0.05) is 24.3 Å². The number of carbonyl (C=O) groups is 2. The molecular formula is C18H21NO4S. The molecule has 2 rings (SSSR count). The smallest absolute Gasteiger partial charge is 0.345 e. The van der Waals surface area contributed by atoms with Gasteiger partial charge in [0, 0.05) is 6.54 Å². The fraction of sp³-hybridized carbons (Fsp3) is 0.333. The molecule has 0 saturated carbocycles. The van der Waals surface area contributed by atoms with E-state index in [4.69, 9.17) is 9.84 Å². The van der Waals surface area contributed by atoms with Crippen molar-refractivity contribution in [2.45, 2.75) is 39.5 Å². The minimum absolute atomic E-state index is 0.154. The Kier molecular flexibility index (Phi) is 5.75. The van der Waals surface area contributed by atoms with Crippen molar-refractivity contribution in [3.63, 3.8) is 0 Å². The van der Waals surface area contributed by atoms with Gasteiger partial charge in [0.15, 0.2) is 0 Å². The predicted molar refractivity (Wildman–Crippen MR) is 93.4 cm³/mol. The highest BCUT2D eigenvalue weighted by atomic mass is 32.1. The van der Waals surface area contributed by atoms with Crippen molar-refractivity contribution in [3.8, 4) is 0 Å². The number of hydrogen-bond donors (Lipinski definition) is 2. The highest BCUT2D eigenvalue weighted by Gasteiger charge is 2.13. The van der Waals surface area contributed by atoms with E-state index >= 15 is 0 Å². The summed E-state index contributed by atoms with van der Waals surface area (Å²) < 4.78 is 5.75. The van der Waals surface area contributed by atoms with E-state index in [0.717, 1.165) is 22.5 Å². The molecule has 0 atom stereocenters. The lowest BCUT2D eigenvalue weighted by atomic mass is 10.1. The summed E-state index contributed by atoms with van der Waals surface area (Å²) in [6, 6.07) is 10.8. The van der Waals surface area contributed by atoms with Crippen LogP contribution in [-0.4, -0.2) is 22.6 Å². The van der Waals surface area contributed by atoms with E-state index in [-0.39, 0.29) is 16.4 Å². The van der Waals surface area contributed by atoms with Crippen LogP contribution in [0.1, 0.15) is 51.2 Å². The molecule has 1 aromatic carbocycles. The molecule has 0 radical (unpaired) electrons. The summed E-state index contributed by atoms with van der Waals surface area (Å²) >= 11 is 0.967. The van der Waals surface area contributed by atoms with Gasteiger partial charge in [-0.05, 0) is 44.0 Å². The van der Waals surface area contributed by atoms with Gasteiger partial charge in [-0.2, -0.15) is 0 Å². The third-order valence-corrected chi connectivity index (χ3v) is 4.23. The Labute approximate surface area is 145 Å². The lowest BCUT2D eigenvalue weighted by molar-refractivity contribution is -0.0149. The molecule has 5 nitrogen and oxygen atoms in total. The second-order valence-corrected chi connectivity index (χ2v) is 7.46. The predicted octanol–water partition coefficient (Wildman–Crippen LogP) is 3.69. The Hall–Kier alpha value is -2.18. The number of ether oxygens (including phenoxy) is 1. The van der Waals surface area contributed by atoms with Crippen molar-refractivity contribution in [3.05, 3.63) is 57.3 Å². The summed E-state index contributed by atoms with van der Waals surface area (Å²) in [5.41, 5.74) is 1.81. The number of thiophene rings is 1. The van der Waals surface area contributed by atoms with Gasteiger partial charge in [0.05, 0.1) is 17.1 Å². The van der Waals surface area contributed by atoms with E-state index in [1.54, 1.807) is 0 Å². The zero-order valence-corrected chi connectivity index (χ0v) is 14.8. The number of rotatable bonds is 6. The van der Waals surface area contributed by atoms with Gasteiger partial charge in [-0.3, -0.25) is 4.79 Å². The van der Waals surface area contributed by atoms with Gasteiger partial charge in [-0.25, -0.2) is 4.79 Å². The van der Waals surface area contributed by atoms with Crippen LogP contribution >= 0.6 is 11.3 Å². The molecule has 0 aliphatic heterocycles. The van der Waals surface area contributed by atoms with Crippen LogP contribution in [0.2, 0.25) is 0 Å². The van der Waals surface area contributed by atoms with Crippen molar-refractivity contribution < 1.29 is 19.4 Å². The first kappa shape index (κ1) is 18.2. The summed E-state index contributed by atoms with van der Waals surface area (Å²) in [5.74, 6) is -1.30. The summed E-state index contributed by atoms with van der Waals surface area (Å²) in [6.07, 6.45) is 0. The first-order valence-corrected chi connectivity index (χ1v) is 8.39. The van der Waals surface area contributed by atoms with Crippen LogP contribution < -0.4 is 5.32 Å². The highest BCUT2D eigenvalue weighted by Crippen LogP contribution is 2.17. The molecule has 0 aliphatic rings. The van der Waals surface area contributed by atoms with Gasteiger partial charge >= 0.3 is 5.97 Å². The van der Waals surface area contributed by atoms with Crippen LogP contribution in [0.15, 0.2) is 36.4 Å². The van der Waals surface area contributed by atoms with Crippen molar-refractivity contribution >= 4 is 23.2 Å². The Bertz CT molecular complexity index is 731. The van der Waals surface area contributed by atoms with E-state index in [9.17, 15) is 9.59 Å². The number of amides is 1. The van der Waals surface area contributed by atoms with Crippen molar-refractivity contribution in [2.24, 2.45) is 0 Å². The first-order valence-electron chi connectivity index (χ1n) is 7.58. The molecule has 128 valence electrons. The van der Waals surface area contributed by atoms with Crippen LogP contribution in [0.4, 0.5) is 0 Å². The zero-order valence-electron chi connectivity index (χ0n) is 14.0. The number of carboxylic acids is 1. The molecule has 1 heterocycles. The molecule has 2 aromatic rings. The largest absolute Gasteiger partial charge is 0.477 e. The summed E-state index contributed by atoms with van der Waals surface area (Å²) in [6.45, 7) is 6.90. The van der Waals surface area contributed by atoms with E-state index in [0.29, 0.717) is 18.0 Å². The molecule has 1 amide bonds. The Balaban J connectivity index is 1.93. The minimum Gasteiger partial charge on any atom is -0.477 e. The number of carbonyl (C=O) groups excluding carboxylic acids is 1. The molecule has 1 aromatic heterocycles. The Morgan fingerprint density at radius 3 is 2.42 bits per heavy atom. The molecule has 0 aliphatic carbocycles. The average molecular weight is 347 g/mol. The molecular weight excluding hydrogens is 326 g/mol. The van der Waals surface area contributed by atoms with Crippen LogP contribution in [0.5, 0.6) is 0 Å². The maximum atomic E-state index is 12.1. The van der Waals surface area contributed by atoms with E-state index in [1.165, 1.54) is 12.1 Å². The molecule has 0 saturated heterocycles. The topological polar surface area (TPSA) is 75.6 Å². The van der Waals surface area contributed by atoms with Gasteiger partial charge in [0.25, 0.3) is 5.91 Å². The minimum atomic E-state index is -1.02. The molecule has 0 spiro atoms. The van der Waals surface area contributed by atoms with E-state index in [1.807, 2.05) is 45.0 Å². The molecule has 2 N–H and O–H groups in total. The standard InChI is InChI=1S/C18H21NO4S/c1-18(2,3)23-11-13-6-4-5-12(9-13)10-19-16(20)14-7-8-15(24-14)17(21)22/h4-9H,10-11H2,1-3H3,(H,19,20)(H,21,22). The van der Waals surface area contributed by atoms with Gasteiger partial charge in [0.1, 0.15) is 4.88 Å². The molecule has 0 fully saturated rings. The maximum Gasteiger partial charge on any atom is 0.345 e. The lowest BCUT2D eigenvalue weighted by Gasteiger charge is -2.19. The molecule has 0 unspecified atom stereocenters. The normalized spacial score (nSPS) is 11.3. The van der Waals surface area contributed by atoms with Crippen LogP contribution in [0.3, 0.4) is 0 Å². The maximum absolute atomic E-state index is 12.1. The van der Waals surface area contributed by atoms with Crippen molar-refractivity contribution in [1.29, 1.82) is 0 Å². The van der Waals surface area contributed by atoms with Crippen molar-refractivity contribution in [2.75, 3.05) is 0 Å². The highest BCUT2D eigenvalue weighted by molar-refractivity contribution is 7.15. The Morgan fingerprint density at radius 1 is 1.12 bits per heavy atom. The molecule has 6 heteroatoms. The number of nitrogens with one attached hydrogen (secondary N) is 1. The fourth-order valence-electron chi connectivity index (χ4n) is 1.97. The second-order valence-electron chi connectivity index (χ2n) is 6.37. The zero-order chi connectivity index (χ0) is 17.7. The van der Waals surface area contributed by atoms with Crippen LogP contribution in [0, 0.1) is 0 Å². The monoisotopic (exact) mass is 347 g/mol. The lowest BCUT2D eigenvalue weighted by Crippen LogP contribution is -2.22. The summed E-state index contributed by atoms with van der Waals surface area (Å²) in [7, 11) is 0. The quantitative estimate of drug-likeness (QED) is 0.835. The third-order valence-electron chi connectivity index (χ3n) is 3.16. The Morgan fingerprint density at radius 2 is 1.79 bits per heavy atom. The van der Waals surface area contributed by atoms with E-state index in [2.05, 4.69) is 5.32 Å². The molecule has 0 bridgehead atoms. The molecule has 24 heavy (non-hydrogen) atoms. The fourth-order valence-corrected chi connectivity index (χ4v) is 2.73. The van der Waals surface area contributed by atoms with Crippen molar-refractivity contribution in [1.82, 2.24) is 5.32 Å². The number of hydrogen-bond acceptors (Lipinski definition) is 4. The average Bonchev–Trinajstić information content (AvgIpc) is 3.01. The van der Waals surface area contributed by atoms with Gasteiger partial charge in [-0.15, -0.1) is 11.3 Å². The van der Waals surface area contributed by atoms with Gasteiger partial charge < -0.3 is 15.2 Å². The summed E-state index contributed by atoms with van der Waals surface area (Å²) in [4.78, 5) is 23.5. The third kappa shape index (κ3) is 5.47. The van der Waals surface area contributed by atoms with Crippen LogP contribution in [0.25, 0.3) is 0 Å². The number of benzene rings is 1. The summed E-state index contributed by atoms with van der Waals surface area (Å²) in [5, 5.41) is 11.7. The van der Waals surface area contributed by atoms with Crippen LogP contribution in [-0.2, 0) is 17.9 Å². The van der Waals surface area contributed by atoms with Gasteiger partial charge in [0.2, 0.25) is 0 Å². The first-order chi connectivity index (χ1) is 11.2. The second kappa shape index (κ2) is 7.59.